The van der Waals surface area contributed by atoms with Crippen molar-refractivity contribution in [3.8, 4) is 11.1 Å². The Morgan fingerprint density at radius 1 is 1.10 bits per heavy atom. The summed E-state index contributed by atoms with van der Waals surface area (Å²) in [6.07, 6.45) is 4.04. The lowest BCUT2D eigenvalue weighted by atomic mass is 10.0. The first kappa shape index (κ1) is 21.3. The summed E-state index contributed by atoms with van der Waals surface area (Å²) in [5.74, 6) is -0.559. The van der Waals surface area contributed by atoms with Gasteiger partial charge in [0.2, 0.25) is 0 Å². The van der Waals surface area contributed by atoms with Crippen molar-refractivity contribution in [1.82, 2.24) is 19.7 Å². The van der Waals surface area contributed by atoms with Gasteiger partial charge in [-0.1, -0.05) is 12.1 Å². The Labute approximate surface area is 181 Å². The first-order valence-electron chi connectivity index (χ1n) is 10.7. The summed E-state index contributed by atoms with van der Waals surface area (Å²) < 4.78 is 29.7. The molecule has 0 unspecified atom stereocenters. The van der Waals surface area contributed by atoms with Crippen LogP contribution in [0, 0.1) is 11.6 Å². The second-order valence-electron chi connectivity index (χ2n) is 8.17. The van der Waals surface area contributed by atoms with Crippen LogP contribution in [0.25, 0.3) is 22.0 Å². The Morgan fingerprint density at radius 3 is 2.45 bits per heavy atom. The minimum Gasteiger partial charge on any atom is -0.344 e. The van der Waals surface area contributed by atoms with E-state index in [1.54, 1.807) is 37.2 Å². The number of carbonyl (C=O) groups is 1. The summed E-state index contributed by atoms with van der Waals surface area (Å²) in [4.78, 5) is 15.7. The summed E-state index contributed by atoms with van der Waals surface area (Å²) in [6.45, 7) is 3.41. The van der Waals surface area contributed by atoms with Crippen LogP contribution >= 0.6 is 0 Å². The molecule has 2 aromatic carbocycles. The molecule has 1 aliphatic rings. The largest absolute Gasteiger partial charge is 0.344 e. The molecule has 1 aromatic heterocycles. The van der Waals surface area contributed by atoms with Crippen LogP contribution in [-0.2, 0) is 0 Å². The third-order valence-corrected chi connectivity index (χ3v) is 6.21. The summed E-state index contributed by atoms with van der Waals surface area (Å²) in [7, 11) is 3.44. The number of rotatable bonds is 5. The van der Waals surface area contributed by atoms with E-state index in [-0.39, 0.29) is 17.7 Å². The number of piperidine rings is 1. The number of nitrogens with one attached hydrogen (secondary N) is 1. The Bertz CT molecular complexity index is 1060. The van der Waals surface area contributed by atoms with E-state index in [4.69, 9.17) is 0 Å². The Hall–Kier alpha value is -2.93. The van der Waals surface area contributed by atoms with Crippen LogP contribution in [0.3, 0.4) is 0 Å². The average Bonchev–Trinajstić information content (AvgIpc) is 3.16. The summed E-state index contributed by atoms with van der Waals surface area (Å²) in [6, 6.07) is 11.5. The topological polar surface area (TPSA) is 40.5 Å². The fourth-order valence-corrected chi connectivity index (χ4v) is 4.39. The van der Waals surface area contributed by atoms with E-state index in [0.29, 0.717) is 12.6 Å². The molecule has 0 aliphatic carbocycles. The van der Waals surface area contributed by atoms with Gasteiger partial charge in [0.15, 0.2) is 0 Å². The molecule has 31 heavy (non-hydrogen) atoms. The molecule has 3 aromatic rings. The number of fused-ring (bicyclic) bond motifs is 1. The summed E-state index contributed by atoms with van der Waals surface area (Å²) in [5.41, 5.74) is 2.80. The number of likely N-dealkylation sites (N-methyl/N-ethyl adjacent to an activating group) is 1. The predicted molar refractivity (Wildman–Crippen MR) is 119 cm³/mol. The van der Waals surface area contributed by atoms with Crippen LogP contribution in [0.5, 0.6) is 0 Å². The maximum atomic E-state index is 14.0. The molecular weight excluding hydrogens is 398 g/mol. The van der Waals surface area contributed by atoms with Crippen molar-refractivity contribution in [2.75, 3.05) is 40.3 Å². The van der Waals surface area contributed by atoms with Gasteiger partial charge in [0.05, 0.1) is 0 Å². The zero-order valence-corrected chi connectivity index (χ0v) is 17.9. The highest BCUT2D eigenvalue weighted by molar-refractivity contribution is 5.96. The maximum absolute atomic E-state index is 14.0. The van der Waals surface area contributed by atoms with Gasteiger partial charge in [0.1, 0.15) is 11.6 Å². The number of aromatic nitrogens is 1. The predicted octanol–water partition coefficient (Wildman–Crippen LogP) is 4.49. The van der Waals surface area contributed by atoms with Crippen molar-refractivity contribution < 1.29 is 13.6 Å². The van der Waals surface area contributed by atoms with Gasteiger partial charge in [0.25, 0.3) is 0 Å². The molecule has 2 amide bonds. The average molecular weight is 427 g/mol. The molecule has 4 rings (SSSR count). The van der Waals surface area contributed by atoms with Crippen LogP contribution in [0.1, 0.15) is 18.9 Å². The lowest BCUT2D eigenvalue weighted by Gasteiger charge is -2.34. The van der Waals surface area contributed by atoms with Crippen molar-refractivity contribution in [3.05, 3.63) is 60.3 Å². The van der Waals surface area contributed by atoms with E-state index in [1.807, 2.05) is 6.07 Å². The molecule has 2 heterocycles. The van der Waals surface area contributed by atoms with Gasteiger partial charge in [-0.25, -0.2) is 13.6 Å². The number of nitrogens with zero attached hydrogens (tertiary/aromatic N) is 3. The first-order chi connectivity index (χ1) is 15.0. The van der Waals surface area contributed by atoms with Crippen molar-refractivity contribution in [1.29, 1.82) is 0 Å². The third-order valence-electron chi connectivity index (χ3n) is 6.21. The quantitative estimate of drug-likeness (QED) is 0.653. The lowest BCUT2D eigenvalue weighted by molar-refractivity contribution is 0.166. The molecule has 0 spiro atoms. The van der Waals surface area contributed by atoms with Gasteiger partial charge in [-0.3, -0.25) is 0 Å². The van der Waals surface area contributed by atoms with E-state index in [0.717, 1.165) is 54.5 Å². The number of urea groups is 1. The molecule has 0 bridgehead atoms. The van der Waals surface area contributed by atoms with E-state index in [1.165, 1.54) is 18.2 Å². The molecule has 7 heteroatoms. The van der Waals surface area contributed by atoms with Gasteiger partial charge < -0.3 is 19.7 Å². The van der Waals surface area contributed by atoms with E-state index >= 15 is 0 Å². The lowest BCUT2D eigenvalue weighted by Crippen LogP contribution is -2.42. The zero-order valence-electron chi connectivity index (χ0n) is 17.9. The zero-order chi connectivity index (χ0) is 22.0. The molecule has 1 saturated heterocycles. The smallest absolute Gasteiger partial charge is 0.316 e. The Kier molecular flexibility index (Phi) is 6.23. The molecule has 1 N–H and O–H groups in total. The van der Waals surface area contributed by atoms with E-state index < -0.39 is 0 Å². The second kappa shape index (κ2) is 9.06. The van der Waals surface area contributed by atoms with Crippen LogP contribution in [0.15, 0.2) is 48.7 Å². The summed E-state index contributed by atoms with van der Waals surface area (Å²) in [5, 5.41) is 3.49. The van der Waals surface area contributed by atoms with Crippen molar-refractivity contribution in [2.45, 2.75) is 18.9 Å². The Balaban J connectivity index is 1.52. The molecular formula is C24H28F2N4O. The normalized spacial score (nSPS) is 15.4. The van der Waals surface area contributed by atoms with Gasteiger partial charge in [-0.15, -0.1) is 0 Å². The van der Waals surface area contributed by atoms with Crippen LogP contribution in [-0.4, -0.2) is 60.7 Å². The number of halogens is 2. The molecule has 164 valence electrons. The fourth-order valence-electron chi connectivity index (χ4n) is 4.39. The highest BCUT2D eigenvalue weighted by Gasteiger charge is 2.23. The SMILES string of the molecule is CNC(=O)N(C)CCN1CCC(n2cc(-c3ccc(F)cc3)c3cc(F)ccc32)CC1. The van der Waals surface area contributed by atoms with Crippen LogP contribution < -0.4 is 5.32 Å². The number of amides is 2. The van der Waals surface area contributed by atoms with Crippen LogP contribution in [0.4, 0.5) is 13.6 Å². The van der Waals surface area contributed by atoms with Gasteiger partial charge >= 0.3 is 6.03 Å². The number of hydrogen-bond acceptors (Lipinski definition) is 2. The van der Waals surface area contributed by atoms with Gasteiger partial charge in [-0.05, 0) is 48.7 Å². The monoisotopic (exact) mass is 426 g/mol. The molecule has 1 aliphatic heterocycles. The molecule has 0 saturated carbocycles. The highest BCUT2D eigenvalue weighted by atomic mass is 19.1. The number of carbonyl (C=O) groups excluding carboxylic acids is 1. The highest BCUT2D eigenvalue weighted by Crippen LogP contribution is 2.35. The maximum Gasteiger partial charge on any atom is 0.316 e. The van der Waals surface area contributed by atoms with Crippen molar-refractivity contribution in [3.63, 3.8) is 0 Å². The second-order valence-corrected chi connectivity index (χ2v) is 8.17. The molecule has 0 atom stereocenters. The molecule has 5 nitrogen and oxygen atoms in total. The van der Waals surface area contributed by atoms with E-state index in [2.05, 4.69) is 21.0 Å². The number of likely N-dealkylation sites (tertiary alicyclic amines) is 1. The van der Waals surface area contributed by atoms with Gasteiger partial charge in [0, 0.05) is 69.0 Å². The first-order valence-corrected chi connectivity index (χ1v) is 10.7. The van der Waals surface area contributed by atoms with Crippen molar-refractivity contribution >= 4 is 16.9 Å². The van der Waals surface area contributed by atoms with E-state index in [9.17, 15) is 13.6 Å². The number of benzene rings is 2. The fraction of sp³-hybridized carbons (Fsp3) is 0.375. The van der Waals surface area contributed by atoms with Gasteiger partial charge in [-0.2, -0.15) is 0 Å². The summed E-state index contributed by atoms with van der Waals surface area (Å²) >= 11 is 0. The molecule has 1 fully saturated rings. The minimum absolute atomic E-state index is 0.0748. The van der Waals surface area contributed by atoms with Crippen LogP contribution in [0.2, 0.25) is 0 Å². The van der Waals surface area contributed by atoms with Crippen molar-refractivity contribution in [2.24, 2.45) is 0 Å². The third kappa shape index (κ3) is 4.56. The standard InChI is InChI=1S/C24H28F2N4O/c1-27-24(31)28(2)13-14-29-11-9-20(10-12-29)30-16-22(17-3-5-18(25)6-4-17)21-15-19(26)7-8-23(21)30/h3-8,15-16,20H,9-14H2,1-2H3,(H,27,31). The Morgan fingerprint density at radius 2 is 1.77 bits per heavy atom. The molecule has 0 radical (unpaired) electrons. The minimum atomic E-state index is -0.284. The number of hydrogen-bond donors (Lipinski definition) is 1.